The van der Waals surface area contributed by atoms with E-state index in [-0.39, 0.29) is 21.9 Å². The minimum atomic E-state index is -3.80. The summed E-state index contributed by atoms with van der Waals surface area (Å²) >= 11 is 6.64. The van der Waals surface area contributed by atoms with E-state index in [2.05, 4.69) is 0 Å². The molecule has 4 aromatic rings. The highest BCUT2D eigenvalue weighted by atomic mass is 35.5. The Bertz CT molecular complexity index is 1470. The molecule has 4 rings (SSSR count). The molecule has 158 valence electrons. The Morgan fingerprint density at radius 3 is 2.55 bits per heavy atom. The molecule has 0 bridgehead atoms. The first-order valence-corrected chi connectivity index (χ1v) is 12.0. The van der Waals surface area contributed by atoms with Crippen molar-refractivity contribution in [2.45, 2.75) is 10.6 Å². The molecule has 0 atom stereocenters. The second kappa shape index (κ2) is 8.37. The van der Waals surface area contributed by atoms with E-state index in [0.717, 1.165) is 22.8 Å². The van der Waals surface area contributed by atoms with Crippen LogP contribution in [0.15, 0.2) is 75.9 Å². The molecule has 0 N–H and O–H groups in total. The molecule has 0 saturated carbocycles. The number of halogens is 2. The van der Waals surface area contributed by atoms with E-state index in [0.29, 0.717) is 15.3 Å². The molecule has 2 heterocycles. The molecule has 2 aromatic carbocycles. The van der Waals surface area contributed by atoms with E-state index in [1.54, 1.807) is 24.3 Å². The third kappa shape index (κ3) is 4.46. The van der Waals surface area contributed by atoms with Crippen LogP contribution in [0.25, 0.3) is 16.5 Å². The zero-order valence-electron chi connectivity index (χ0n) is 15.9. The van der Waals surface area contributed by atoms with Crippen LogP contribution in [0.4, 0.5) is 4.39 Å². The van der Waals surface area contributed by atoms with Crippen LogP contribution in [-0.4, -0.2) is 24.5 Å². The summed E-state index contributed by atoms with van der Waals surface area (Å²) < 4.78 is 40.9. The van der Waals surface area contributed by atoms with Crippen molar-refractivity contribution < 1.29 is 17.6 Å². The predicted octanol–water partition coefficient (Wildman–Crippen LogP) is 4.43. The molecule has 0 aliphatic rings. The molecule has 0 aliphatic carbocycles. The molecule has 0 fully saturated rings. The fourth-order valence-corrected chi connectivity index (χ4v) is 6.07. The van der Waals surface area contributed by atoms with Crippen molar-refractivity contribution in [1.82, 2.24) is 4.57 Å². The van der Waals surface area contributed by atoms with Crippen molar-refractivity contribution >= 4 is 49.3 Å². The second-order valence-electron chi connectivity index (χ2n) is 6.90. The molecule has 5 nitrogen and oxygen atoms in total. The molecule has 0 saturated heterocycles. The van der Waals surface area contributed by atoms with Crippen LogP contribution in [-0.2, 0) is 21.1 Å². The molecule has 2 aromatic heterocycles. The topological polar surface area (TPSA) is 73.2 Å². The zero-order chi connectivity index (χ0) is 22.2. The lowest BCUT2D eigenvalue weighted by atomic mass is 10.1. The van der Waals surface area contributed by atoms with Crippen LogP contribution in [0.1, 0.15) is 5.56 Å². The van der Waals surface area contributed by atoms with Gasteiger partial charge in [-0.15, -0.1) is 11.3 Å². The van der Waals surface area contributed by atoms with Crippen LogP contribution in [0.5, 0.6) is 0 Å². The molecule has 9 heteroatoms. The van der Waals surface area contributed by atoms with E-state index in [9.17, 15) is 22.4 Å². The number of ketones is 1. The molecule has 0 aliphatic heterocycles. The lowest BCUT2D eigenvalue weighted by Crippen LogP contribution is -2.19. The number of carbonyl (C=O) groups is 1. The van der Waals surface area contributed by atoms with Crippen molar-refractivity contribution in [3.05, 3.63) is 92.9 Å². The summed E-state index contributed by atoms with van der Waals surface area (Å²) in [6, 6.07) is 15.6. The van der Waals surface area contributed by atoms with Crippen LogP contribution in [0.3, 0.4) is 0 Å². The molecule has 0 radical (unpaired) electrons. The Balaban J connectivity index is 1.56. The molecule has 0 unspecified atom stereocenters. The average molecular weight is 476 g/mol. The van der Waals surface area contributed by atoms with Crippen LogP contribution in [0.2, 0.25) is 4.34 Å². The number of pyridine rings is 1. The zero-order valence-corrected chi connectivity index (χ0v) is 18.3. The van der Waals surface area contributed by atoms with E-state index in [4.69, 9.17) is 11.6 Å². The minimum absolute atomic E-state index is 0.0167. The van der Waals surface area contributed by atoms with E-state index >= 15 is 0 Å². The number of benzene rings is 2. The maximum Gasteiger partial charge on any atom is 0.263 e. The first-order chi connectivity index (χ1) is 14.7. The lowest BCUT2D eigenvalue weighted by Gasteiger charge is -2.10. The largest absolute Gasteiger partial charge is 0.298 e. The Morgan fingerprint density at radius 2 is 1.84 bits per heavy atom. The van der Waals surface area contributed by atoms with Crippen LogP contribution in [0, 0.1) is 5.82 Å². The quantitative estimate of drug-likeness (QED) is 0.413. The van der Waals surface area contributed by atoms with E-state index in [1.165, 1.54) is 35.0 Å². The van der Waals surface area contributed by atoms with Crippen molar-refractivity contribution in [2.24, 2.45) is 0 Å². The van der Waals surface area contributed by atoms with Gasteiger partial charge in [0.2, 0.25) is 0 Å². The monoisotopic (exact) mass is 475 g/mol. The minimum Gasteiger partial charge on any atom is -0.298 e. The van der Waals surface area contributed by atoms with E-state index < -0.39 is 27.2 Å². The highest BCUT2D eigenvalue weighted by molar-refractivity contribution is 7.94. The van der Waals surface area contributed by atoms with Gasteiger partial charge in [0.25, 0.3) is 5.56 Å². The highest BCUT2D eigenvalue weighted by Gasteiger charge is 2.22. The first-order valence-electron chi connectivity index (χ1n) is 9.13. The molecule has 31 heavy (non-hydrogen) atoms. The van der Waals surface area contributed by atoms with Gasteiger partial charge in [-0.25, -0.2) is 12.8 Å². The number of nitrogens with zero attached hydrogens (tertiary/aromatic N) is 1. The first kappa shape index (κ1) is 21.4. The van der Waals surface area contributed by atoms with Crippen LogP contribution < -0.4 is 5.56 Å². The van der Waals surface area contributed by atoms with Crippen molar-refractivity contribution in [2.75, 3.05) is 5.75 Å². The molecule has 0 spiro atoms. The van der Waals surface area contributed by atoms with Gasteiger partial charge in [0.05, 0.1) is 10.0 Å². The normalized spacial score (nSPS) is 11.7. The summed E-state index contributed by atoms with van der Waals surface area (Å²) in [5, 5.41) is 1.21. The number of hydrogen-bond donors (Lipinski definition) is 0. The smallest absolute Gasteiger partial charge is 0.263 e. The highest BCUT2D eigenvalue weighted by Crippen LogP contribution is 2.26. The number of hydrogen-bond acceptors (Lipinski definition) is 5. The van der Waals surface area contributed by atoms with Crippen molar-refractivity contribution in [1.29, 1.82) is 0 Å². The number of sulfone groups is 1. The summed E-state index contributed by atoms with van der Waals surface area (Å²) in [6.07, 6.45) is 1.24. The summed E-state index contributed by atoms with van der Waals surface area (Å²) in [5.74, 6) is -1.95. The summed E-state index contributed by atoms with van der Waals surface area (Å²) in [5.41, 5.74) is 0.00818. The SMILES string of the molecule is O=C(Cc1ccc(-n2ccc3ccccc3c2=O)c(F)c1)CS(=O)(=O)c1ccc(Cl)s1. The molecular weight excluding hydrogens is 461 g/mol. The fourth-order valence-electron chi connectivity index (χ4n) is 3.26. The average Bonchev–Trinajstić information content (AvgIpc) is 3.16. The predicted molar refractivity (Wildman–Crippen MR) is 120 cm³/mol. The standard InChI is InChI=1S/C22H15ClFNO4S2/c23-20-7-8-21(30-20)31(28,29)13-16(26)11-14-5-6-19(18(24)12-14)25-10-9-15-3-1-2-4-17(15)22(25)27/h1-10,12H,11,13H2. The summed E-state index contributed by atoms with van der Waals surface area (Å²) in [7, 11) is -3.80. The summed E-state index contributed by atoms with van der Waals surface area (Å²) in [4.78, 5) is 25.0. The number of fused-ring (bicyclic) bond motifs is 1. The molecule has 0 amide bonds. The van der Waals surface area contributed by atoms with Crippen molar-refractivity contribution in [3.63, 3.8) is 0 Å². The Kier molecular flexibility index (Phi) is 5.79. The van der Waals surface area contributed by atoms with Gasteiger partial charge < -0.3 is 0 Å². The van der Waals surface area contributed by atoms with Gasteiger partial charge in [-0.1, -0.05) is 35.9 Å². The Hall–Kier alpha value is -2.81. The maximum absolute atomic E-state index is 14.8. The third-order valence-corrected chi connectivity index (χ3v) is 8.18. The number of Topliss-reactive ketones (excluding diaryl/α,β-unsaturated/α-hetero) is 1. The molecular formula is C22H15ClFNO4S2. The van der Waals surface area contributed by atoms with Gasteiger partial charge in [0.15, 0.2) is 15.6 Å². The maximum atomic E-state index is 14.8. The van der Waals surface area contributed by atoms with Crippen LogP contribution >= 0.6 is 22.9 Å². The van der Waals surface area contributed by atoms with Gasteiger partial charge in [0.1, 0.15) is 15.8 Å². The summed E-state index contributed by atoms with van der Waals surface area (Å²) in [6.45, 7) is 0. The van der Waals surface area contributed by atoms with Gasteiger partial charge in [0, 0.05) is 18.0 Å². The van der Waals surface area contributed by atoms with Crippen molar-refractivity contribution in [3.8, 4) is 5.69 Å². The third-order valence-electron chi connectivity index (χ3n) is 4.69. The van der Waals surface area contributed by atoms with Gasteiger partial charge >= 0.3 is 0 Å². The fraction of sp³-hybridized carbons (Fsp3) is 0.0909. The van der Waals surface area contributed by atoms with Gasteiger partial charge in [-0.2, -0.15) is 0 Å². The Morgan fingerprint density at radius 1 is 1.06 bits per heavy atom. The van der Waals surface area contributed by atoms with E-state index in [1.807, 2.05) is 6.07 Å². The number of rotatable bonds is 6. The number of carbonyl (C=O) groups excluding carboxylic acids is 1. The Labute approximate surface area is 186 Å². The van der Waals surface area contributed by atoms with Gasteiger partial charge in [-0.3, -0.25) is 14.2 Å². The van der Waals surface area contributed by atoms with Gasteiger partial charge in [-0.05, 0) is 47.3 Å². The second-order valence-corrected chi connectivity index (χ2v) is 10.8. The number of aromatic nitrogens is 1. The lowest BCUT2D eigenvalue weighted by molar-refractivity contribution is -0.116. The number of thiophene rings is 1.